The molecule has 4 heterocycles. The predicted octanol–water partition coefficient (Wildman–Crippen LogP) is 4.45. The van der Waals surface area contributed by atoms with Crippen molar-refractivity contribution in [2.24, 2.45) is 0 Å². The van der Waals surface area contributed by atoms with Gasteiger partial charge in [-0.3, -0.25) is 14.8 Å². The van der Waals surface area contributed by atoms with Crippen molar-refractivity contribution in [2.45, 2.75) is 38.8 Å². The molecule has 1 aliphatic rings. The zero-order chi connectivity index (χ0) is 25.4. The lowest BCUT2D eigenvalue weighted by atomic mass is 9.94. The Bertz CT molecular complexity index is 1500. The minimum Gasteiger partial charge on any atom is -0.479 e. The summed E-state index contributed by atoms with van der Waals surface area (Å²) >= 11 is 5.87. The lowest BCUT2D eigenvalue weighted by molar-refractivity contribution is -0.125. The maximum Gasteiger partial charge on any atom is 0.268 e. The molecule has 1 aliphatic heterocycles. The molecule has 0 radical (unpaired) electrons. The first kappa shape index (κ1) is 23.6. The Morgan fingerprint density at radius 3 is 2.78 bits per heavy atom. The van der Waals surface area contributed by atoms with E-state index in [9.17, 15) is 18.8 Å². The molecule has 1 aromatic carbocycles. The number of nitrogens with zero attached hydrogens (tertiary/aromatic N) is 6. The van der Waals surface area contributed by atoms with Crippen molar-refractivity contribution in [3.8, 4) is 22.9 Å². The zero-order valence-electron chi connectivity index (χ0n) is 18.9. The quantitative estimate of drug-likeness (QED) is 0.407. The standard InChI is InChI=1S/C24H18ClF2N7O2/c1-12-24(35)34(11-21-29-8-14(25)9-30-21)18-4-2-13(6-19(18)36-12)22-15(7-28)17(3-5-20(26)27)32-23-16(22)10-31-33-23/h2,4,6,8-10,12,20H,3,5,11H2,1H3,(H,31,32,33). The predicted molar refractivity (Wildman–Crippen MR) is 127 cm³/mol. The highest BCUT2D eigenvalue weighted by Gasteiger charge is 2.33. The van der Waals surface area contributed by atoms with Gasteiger partial charge in [-0.2, -0.15) is 10.4 Å². The first-order valence-electron chi connectivity index (χ1n) is 11.0. The van der Waals surface area contributed by atoms with Gasteiger partial charge in [-0.1, -0.05) is 17.7 Å². The van der Waals surface area contributed by atoms with Crippen molar-refractivity contribution in [1.82, 2.24) is 25.1 Å². The minimum atomic E-state index is -2.52. The topological polar surface area (TPSA) is 121 Å². The highest BCUT2D eigenvalue weighted by Crippen LogP contribution is 2.41. The average molecular weight is 510 g/mol. The molecule has 12 heteroatoms. The molecular weight excluding hydrogens is 492 g/mol. The highest BCUT2D eigenvalue weighted by atomic mass is 35.5. The number of rotatable bonds is 6. The number of carbonyl (C=O) groups excluding carboxylic acids is 1. The van der Waals surface area contributed by atoms with Crippen LogP contribution in [-0.2, 0) is 17.8 Å². The molecule has 1 unspecified atom stereocenters. The van der Waals surface area contributed by atoms with Gasteiger partial charge in [-0.05, 0) is 31.0 Å². The van der Waals surface area contributed by atoms with Crippen LogP contribution in [0.4, 0.5) is 14.5 Å². The van der Waals surface area contributed by atoms with Crippen LogP contribution >= 0.6 is 11.6 Å². The van der Waals surface area contributed by atoms with E-state index in [0.29, 0.717) is 44.4 Å². The number of fused-ring (bicyclic) bond motifs is 2. The number of nitriles is 1. The SMILES string of the molecule is CC1Oc2cc(-c3c(C#N)c(CCC(F)F)nc4[nH]ncc34)ccc2N(Cc2ncc(Cl)cn2)C1=O. The van der Waals surface area contributed by atoms with Crippen LogP contribution in [0.25, 0.3) is 22.2 Å². The van der Waals surface area contributed by atoms with Crippen LogP contribution in [0.15, 0.2) is 36.8 Å². The molecule has 0 fully saturated rings. The van der Waals surface area contributed by atoms with Gasteiger partial charge in [0.1, 0.15) is 17.6 Å². The van der Waals surface area contributed by atoms with Crippen LogP contribution in [-0.4, -0.2) is 43.6 Å². The fraction of sp³-hybridized carbons (Fsp3) is 0.250. The fourth-order valence-electron chi connectivity index (χ4n) is 4.16. The smallest absolute Gasteiger partial charge is 0.268 e. The number of H-pyrrole nitrogens is 1. The number of aryl methyl sites for hydroxylation is 1. The van der Waals surface area contributed by atoms with Crippen molar-refractivity contribution in [1.29, 1.82) is 5.26 Å². The van der Waals surface area contributed by atoms with Crippen LogP contribution in [0.2, 0.25) is 5.02 Å². The lowest BCUT2D eigenvalue weighted by Crippen LogP contribution is -2.44. The van der Waals surface area contributed by atoms with E-state index in [-0.39, 0.29) is 30.1 Å². The third kappa shape index (κ3) is 4.31. The summed E-state index contributed by atoms with van der Waals surface area (Å²) in [5, 5.41) is 17.7. The second-order valence-corrected chi connectivity index (χ2v) is 8.60. The number of amides is 1. The Labute approximate surface area is 208 Å². The molecule has 0 spiro atoms. The second-order valence-electron chi connectivity index (χ2n) is 8.17. The molecule has 4 aromatic rings. The molecule has 182 valence electrons. The Morgan fingerprint density at radius 1 is 1.28 bits per heavy atom. The first-order chi connectivity index (χ1) is 17.4. The summed E-state index contributed by atoms with van der Waals surface area (Å²) < 4.78 is 31.7. The van der Waals surface area contributed by atoms with Crippen molar-refractivity contribution >= 4 is 34.2 Å². The summed E-state index contributed by atoms with van der Waals surface area (Å²) in [6, 6.07) is 7.29. The lowest BCUT2D eigenvalue weighted by Gasteiger charge is -2.33. The molecule has 1 N–H and O–H groups in total. The van der Waals surface area contributed by atoms with E-state index >= 15 is 0 Å². The number of anilines is 1. The third-order valence-corrected chi connectivity index (χ3v) is 6.01. The number of nitrogens with one attached hydrogen (secondary N) is 1. The van der Waals surface area contributed by atoms with Gasteiger partial charge in [0, 0.05) is 29.8 Å². The van der Waals surface area contributed by atoms with E-state index in [4.69, 9.17) is 16.3 Å². The molecule has 1 amide bonds. The van der Waals surface area contributed by atoms with E-state index < -0.39 is 19.0 Å². The number of benzene rings is 1. The Balaban J connectivity index is 1.60. The van der Waals surface area contributed by atoms with Gasteiger partial charge in [-0.15, -0.1) is 0 Å². The van der Waals surface area contributed by atoms with Crippen LogP contribution < -0.4 is 9.64 Å². The van der Waals surface area contributed by atoms with Crippen molar-refractivity contribution < 1.29 is 18.3 Å². The van der Waals surface area contributed by atoms with Crippen LogP contribution in [0.3, 0.4) is 0 Å². The maximum absolute atomic E-state index is 12.9. The Hall–Kier alpha value is -4.17. The summed E-state index contributed by atoms with van der Waals surface area (Å²) in [4.78, 5) is 27.2. The summed E-state index contributed by atoms with van der Waals surface area (Å²) in [6.07, 6.45) is 0.661. The summed E-state index contributed by atoms with van der Waals surface area (Å²) in [5.74, 6) is 0.559. The Kier molecular flexibility index (Phi) is 6.20. The molecule has 0 saturated heterocycles. The van der Waals surface area contributed by atoms with E-state index in [0.717, 1.165) is 0 Å². The van der Waals surface area contributed by atoms with Crippen molar-refractivity contribution in [2.75, 3.05) is 4.90 Å². The summed E-state index contributed by atoms with van der Waals surface area (Å²) in [5.41, 5.74) is 2.45. The summed E-state index contributed by atoms with van der Waals surface area (Å²) in [7, 11) is 0. The maximum atomic E-state index is 12.9. The van der Waals surface area contributed by atoms with E-state index in [1.165, 1.54) is 23.5 Å². The van der Waals surface area contributed by atoms with Crippen molar-refractivity contribution in [3.63, 3.8) is 0 Å². The first-order valence-corrected chi connectivity index (χ1v) is 11.4. The number of ether oxygens (including phenoxy) is 1. The van der Waals surface area contributed by atoms with E-state index in [1.54, 1.807) is 25.1 Å². The number of aromatic amines is 1. The van der Waals surface area contributed by atoms with Crippen LogP contribution in [0.5, 0.6) is 5.75 Å². The monoisotopic (exact) mass is 509 g/mol. The van der Waals surface area contributed by atoms with Gasteiger partial charge in [0.2, 0.25) is 6.43 Å². The van der Waals surface area contributed by atoms with Crippen LogP contribution in [0.1, 0.15) is 30.4 Å². The van der Waals surface area contributed by atoms with Gasteiger partial charge in [-0.25, -0.2) is 23.7 Å². The largest absolute Gasteiger partial charge is 0.479 e. The number of pyridine rings is 1. The molecular formula is C24H18ClF2N7O2. The van der Waals surface area contributed by atoms with Gasteiger partial charge in [0.15, 0.2) is 11.8 Å². The van der Waals surface area contributed by atoms with E-state index in [2.05, 4.69) is 31.2 Å². The molecule has 36 heavy (non-hydrogen) atoms. The van der Waals surface area contributed by atoms with Gasteiger partial charge in [0.25, 0.3) is 5.91 Å². The van der Waals surface area contributed by atoms with Gasteiger partial charge >= 0.3 is 0 Å². The second kappa shape index (κ2) is 9.47. The number of carbonyl (C=O) groups is 1. The average Bonchev–Trinajstić information content (AvgIpc) is 3.33. The molecule has 0 bridgehead atoms. The Morgan fingerprint density at radius 2 is 2.06 bits per heavy atom. The zero-order valence-corrected chi connectivity index (χ0v) is 19.6. The molecule has 0 aliphatic carbocycles. The molecule has 3 aromatic heterocycles. The third-order valence-electron chi connectivity index (χ3n) is 5.82. The van der Waals surface area contributed by atoms with Gasteiger partial charge in [0.05, 0.1) is 34.7 Å². The van der Waals surface area contributed by atoms with E-state index in [1.807, 2.05) is 0 Å². The summed E-state index contributed by atoms with van der Waals surface area (Å²) in [6.45, 7) is 1.75. The molecule has 0 saturated carbocycles. The molecule has 9 nitrogen and oxygen atoms in total. The number of hydrogen-bond acceptors (Lipinski definition) is 7. The number of aromatic nitrogens is 5. The number of halogens is 3. The normalized spacial score (nSPS) is 15.2. The number of alkyl halides is 2. The molecule has 5 rings (SSSR count). The van der Waals surface area contributed by atoms with Crippen molar-refractivity contribution in [3.05, 3.63) is 58.9 Å². The molecule has 1 atom stereocenters. The van der Waals surface area contributed by atoms with Crippen LogP contribution in [0, 0.1) is 11.3 Å². The van der Waals surface area contributed by atoms with Gasteiger partial charge < -0.3 is 4.74 Å². The number of hydrogen-bond donors (Lipinski definition) is 1. The highest BCUT2D eigenvalue weighted by molar-refractivity contribution is 6.30. The fourth-order valence-corrected chi connectivity index (χ4v) is 4.25. The minimum absolute atomic E-state index is 0.0651.